The Morgan fingerprint density at radius 2 is 2.00 bits per heavy atom. The molecule has 0 fully saturated rings. The van der Waals surface area contributed by atoms with Crippen molar-refractivity contribution < 1.29 is 5.11 Å². The second-order valence-corrected chi connectivity index (χ2v) is 5.85. The van der Waals surface area contributed by atoms with Crippen LogP contribution < -0.4 is 5.32 Å². The normalized spacial score (nSPS) is 14.8. The minimum Gasteiger partial charge on any atom is -0.395 e. The Balaban J connectivity index is 3.37. The Morgan fingerprint density at radius 3 is 2.42 bits per heavy atom. The van der Waals surface area contributed by atoms with Crippen LogP contribution in [0.15, 0.2) is 0 Å². The molecule has 12 heavy (non-hydrogen) atoms. The van der Waals surface area contributed by atoms with Gasteiger partial charge in [0.2, 0.25) is 0 Å². The van der Waals surface area contributed by atoms with Gasteiger partial charge in [0.05, 0.1) is 6.61 Å². The standard InChI is InChI=1S/C9H21NOS/c1-8(10-5-6-11)7-12-9(2,3)4/h8,10-11H,5-7H2,1-4H3. The van der Waals surface area contributed by atoms with E-state index in [-0.39, 0.29) is 6.61 Å². The van der Waals surface area contributed by atoms with Gasteiger partial charge in [-0.05, 0) is 6.92 Å². The first-order valence-electron chi connectivity index (χ1n) is 4.44. The number of hydrogen-bond acceptors (Lipinski definition) is 3. The quantitative estimate of drug-likeness (QED) is 0.690. The molecule has 0 aromatic carbocycles. The summed E-state index contributed by atoms with van der Waals surface area (Å²) in [6, 6.07) is 0.487. The van der Waals surface area contributed by atoms with E-state index < -0.39 is 0 Å². The number of nitrogens with one attached hydrogen (secondary N) is 1. The Kier molecular flexibility index (Phi) is 5.97. The molecule has 2 N–H and O–H groups in total. The molecule has 0 radical (unpaired) electrons. The minimum absolute atomic E-state index is 0.227. The number of aliphatic hydroxyl groups excluding tert-OH is 1. The number of rotatable bonds is 5. The van der Waals surface area contributed by atoms with Gasteiger partial charge in [-0.2, -0.15) is 11.8 Å². The average molecular weight is 191 g/mol. The van der Waals surface area contributed by atoms with E-state index in [0.29, 0.717) is 17.3 Å². The molecule has 1 unspecified atom stereocenters. The summed E-state index contributed by atoms with van der Waals surface area (Å²) in [7, 11) is 0. The second-order valence-electron chi connectivity index (χ2n) is 4.00. The van der Waals surface area contributed by atoms with Crippen molar-refractivity contribution in [2.45, 2.75) is 38.5 Å². The van der Waals surface area contributed by atoms with Crippen LogP contribution in [0.5, 0.6) is 0 Å². The lowest BCUT2D eigenvalue weighted by atomic mass is 10.3. The lowest BCUT2D eigenvalue weighted by Crippen LogP contribution is -2.31. The maximum Gasteiger partial charge on any atom is 0.0556 e. The van der Waals surface area contributed by atoms with E-state index in [1.807, 2.05) is 11.8 Å². The zero-order chi connectivity index (χ0) is 9.61. The van der Waals surface area contributed by atoms with E-state index in [2.05, 4.69) is 33.0 Å². The summed E-state index contributed by atoms with van der Waals surface area (Å²) < 4.78 is 0.342. The van der Waals surface area contributed by atoms with E-state index >= 15 is 0 Å². The van der Waals surface area contributed by atoms with Gasteiger partial charge >= 0.3 is 0 Å². The lowest BCUT2D eigenvalue weighted by Gasteiger charge is -2.21. The van der Waals surface area contributed by atoms with E-state index in [0.717, 1.165) is 5.75 Å². The van der Waals surface area contributed by atoms with Crippen LogP contribution in [0.2, 0.25) is 0 Å². The molecule has 2 nitrogen and oxygen atoms in total. The number of hydrogen-bond donors (Lipinski definition) is 2. The maximum absolute atomic E-state index is 8.57. The van der Waals surface area contributed by atoms with Gasteiger partial charge in [-0.15, -0.1) is 0 Å². The van der Waals surface area contributed by atoms with Crippen molar-refractivity contribution in [3.8, 4) is 0 Å². The zero-order valence-corrected chi connectivity index (χ0v) is 9.37. The van der Waals surface area contributed by atoms with Crippen LogP contribution in [-0.2, 0) is 0 Å². The Hall–Kier alpha value is 0.270. The summed E-state index contributed by atoms with van der Waals surface area (Å²) in [5, 5.41) is 11.8. The predicted octanol–water partition coefficient (Wildman–Crippen LogP) is 1.49. The fourth-order valence-electron chi connectivity index (χ4n) is 0.745. The van der Waals surface area contributed by atoms with Crippen molar-refractivity contribution in [1.29, 1.82) is 0 Å². The molecule has 0 aromatic heterocycles. The Labute approximate surface area is 80.1 Å². The largest absolute Gasteiger partial charge is 0.395 e. The highest BCUT2D eigenvalue weighted by atomic mass is 32.2. The van der Waals surface area contributed by atoms with Crippen molar-refractivity contribution in [2.24, 2.45) is 0 Å². The van der Waals surface area contributed by atoms with Gasteiger partial charge < -0.3 is 10.4 Å². The fraction of sp³-hybridized carbons (Fsp3) is 1.00. The predicted molar refractivity (Wildman–Crippen MR) is 56.8 cm³/mol. The van der Waals surface area contributed by atoms with Crippen molar-refractivity contribution >= 4 is 11.8 Å². The van der Waals surface area contributed by atoms with Gasteiger partial charge in [0.25, 0.3) is 0 Å². The first kappa shape index (κ1) is 12.3. The smallest absolute Gasteiger partial charge is 0.0556 e. The van der Waals surface area contributed by atoms with Gasteiger partial charge in [0.15, 0.2) is 0 Å². The van der Waals surface area contributed by atoms with Crippen LogP contribution in [0.3, 0.4) is 0 Å². The summed E-state index contributed by atoms with van der Waals surface area (Å²) in [5.74, 6) is 1.10. The third-order valence-corrected chi connectivity index (χ3v) is 2.90. The van der Waals surface area contributed by atoms with Crippen LogP contribution in [0.25, 0.3) is 0 Å². The molecule has 0 spiro atoms. The third kappa shape index (κ3) is 8.37. The Morgan fingerprint density at radius 1 is 1.42 bits per heavy atom. The first-order chi connectivity index (χ1) is 5.45. The lowest BCUT2D eigenvalue weighted by molar-refractivity contribution is 0.288. The molecule has 74 valence electrons. The van der Waals surface area contributed by atoms with E-state index in [4.69, 9.17) is 5.11 Å². The molecule has 0 aliphatic heterocycles. The molecular weight excluding hydrogens is 170 g/mol. The maximum atomic E-state index is 8.57. The molecule has 0 aliphatic carbocycles. The summed E-state index contributed by atoms with van der Waals surface area (Å²) in [5.41, 5.74) is 0. The summed E-state index contributed by atoms with van der Waals surface area (Å²) >= 11 is 1.95. The van der Waals surface area contributed by atoms with Gasteiger partial charge in [-0.1, -0.05) is 20.8 Å². The molecule has 0 heterocycles. The average Bonchev–Trinajstić information content (AvgIpc) is 1.95. The van der Waals surface area contributed by atoms with E-state index in [1.165, 1.54) is 0 Å². The number of aliphatic hydroxyl groups is 1. The van der Waals surface area contributed by atoms with Crippen LogP contribution in [0.1, 0.15) is 27.7 Å². The minimum atomic E-state index is 0.227. The zero-order valence-electron chi connectivity index (χ0n) is 8.55. The molecule has 0 aliphatic rings. The van der Waals surface area contributed by atoms with Gasteiger partial charge in [-0.25, -0.2) is 0 Å². The van der Waals surface area contributed by atoms with Crippen molar-refractivity contribution in [1.82, 2.24) is 5.32 Å². The second kappa shape index (κ2) is 5.84. The Bertz CT molecular complexity index is 112. The van der Waals surface area contributed by atoms with Crippen LogP contribution in [0, 0.1) is 0 Å². The highest BCUT2D eigenvalue weighted by molar-refractivity contribution is 8.00. The van der Waals surface area contributed by atoms with Gasteiger partial charge in [-0.3, -0.25) is 0 Å². The molecule has 0 bridgehead atoms. The topological polar surface area (TPSA) is 32.3 Å². The molecule has 3 heteroatoms. The molecule has 0 amide bonds. The molecule has 0 saturated heterocycles. The summed E-state index contributed by atoms with van der Waals surface area (Å²) in [6.07, 6.45) is 0. The van der Waals surface area contributed by atoms with Crippen LogP contribution in [-0.4, -0.2) is 34.8 Å². The van der Waals surface area contributed by atoms with Crippen molar-refractivity contribution in [2.75, 3.05) is 18.9 Å². The molecule has 1 atom stereocenters. The van der Waals surface area contributed by atoms with Crippen molar-refractivity contribution in [3.05, 3.63) is 0 Å². The molecule has 0 aromatic rings. The monoisotopic (exact) mass is 191 g/mol. The number of thioether (sulfide) groups is 1. The van der Waals surface area contributed by atoms with E-state index in [9.17, 15) is 0 Å². The fourth-order valence-corrected chi connectivity index (χ4v) is 1.61. The van der Waals surface area contributed by atoms with Gasteiger partial charge in [0, 0.05) is 23.1 Å². The molecule has 0 rings (SSSR count). The highest BCUT2D eigenvalue weighted by Crippen LogP contribution is 2.23. The van der Waals surface area contributed by atoms with Gasteiger partial charge in [0.1, 0.15) is 0 Å². The van der Waals surface area contributed by atoms with Crippen LogP contribution >= 0.6 is 11.8 Å². The molecule has 0 saturated carbocycles. The van der Waals surface area contributed by atoms with E-state index in [1.54, 1.807) is 0 Å². The van der Waals surface area contributed by atoms with Crippen molar-refractivity contribution in [3.63, 3.8) is 0 Å². The van der Waals surface area contributed by atoms with Crippen LogP contribution in [0.4, 0.5) is 0 Å². The first-order valence-corrected chi connectivity index (χ1v) is 5.42. The summed E-state index contributed by atoms with van der Waals surface area (Å²) in [4.78, 5) is 0. The highest BCUT2D eigenvalue weighted by Gasteiger charge is 2.12. The molecular formula is C9H21NOS. The summed E-state index contributed by atoms with van der Waals surface area (Å²) in [6.45, 7) is 9.73. The third-order valence-electron chi connectivity index (χ3n) is 1.37. The SMILES string of the molecule is CC(CSC(C)(C)C)NCCO.